The summed E-state index contributed by atoms with van der Waals surface area (Å²) in [6.45, 7) is 0.259. The summed E-state index contributed by atoms with van der Waals surface area (Å²) in [5, 5.41) is 0. The molecule has 96 valence electrons. The maximum Gasteiger partial charge on any atom is 0.339 e. The molecular weight excluding hydrogens is 304 g/mol. The number of carbonyl (C=O) groups is 1. The summed E-state index contributed by atoms with van der Waals surface area (Å²) in [6.07, 6.45) is 3.75. The minimum Gasteiger partial charge on any atom is -0.458 e. The quantitative estimate of drug-likeness (QED) is 0.785. The Bertz CT molecular complexity index is 576. The van der Waals surface area contributed by atoms with Gasteiger partial charge in [-0.3, -0.25) is 0 Å². The molecule has 0 radical (unpaired) electrons. The highest BCUT2D eigenvalue weighted by molar-refractivity contribution is 9.10. The van der Waals surface area contributed by atoms with Gasteiger partial charge in [0.25, 0.3) is 0 Å². The predicted molar refractivity (Wildman–Crippen MR) is 79.9 cm³/mol. The molecule has 0 aliphatic rings. The molecule has 2 aromatic rings. The fourth-order valence-electron chi connectivity index (χ4n) is 1.58. The molecule has 0 atom stereocenters. The van der Waals surface area contributed by atoms with E-state index in [1.165, 1.54) is 0 Å². The first-order chi connectivity index (χ1) is 9.27. The summed E-state index contributed by atoms with van der Waals surface area (Å²) in [5.74, 6) is -0.329. The molecule has 3 heteroatoms. The highest BCUT2D eigenvalue weighted by Gasteiger charge is 2.09. The smallest absolute Gasteiger partial charge is 0.339 e. The first-order valence-electron chi connectivity index (χ1n) is 5.90. The Kier molecular flexibility index (Phi) is 4.93. The third kappa shape index (κ3) is 4.07. The second-order valence-corrected chi connectivity index (χ2v) is 4.75. The molecule has 2 nitrogen and oxygen atoms in total. The first-order valence-corrected chi connectivity index (χ1v) is 6.70. The molecular formula is C16H13BrO2. The highest BCUT2D eigenvalue weighted by atomic mass is 79.9. The van der Waals surface area contributed by atoms with Crippen LogP contribution in [0.25, 0.3) is 6.08 Å². The standard InChI is InChI=1S/C16H13BrO2/c17-15-11-5-4-10-14(15)16(18)19-12-6-9-13-7-2-1-3-8-13/h1-11H,12H2/b9-6+. The van der Waals surface area contributed by atoms with Crippen molar-refractivity contribution >= 4 is 28.0 Å². The third-order valence-corrected chi connectivity index (χ3v) is 3.21. The number of hydrogen-bond acceptors (Lipinski definition) is 2. The molecule has 0 amide bonds. The lowest BCUT2D eigenvalue weighted by Gasteiger charge is -2.03. The fraction of sp³-hybridized carbons (Fsp3) is 0.0625. The largest absolute Gasteiger partial charge is 0.458 e. The van der Waals surface area contributed by atoms with E-state index in [0.717, 1.165) is 10.0 Å². The zero-order chi connectivity index (χ0) is 13.5. The van der Waals surface area contributed by atoms with Crippen molar-refractivity contribution in [1.29, 1.82) is 0 Å². The van der Waals surface area contributed by atoms with Gasteiger partial charge in [-0.2, -0.15) is 0 Å². The van der Waals surface area contributed by atoms with Crippen molar-refractivity contribution in [2.45, 2.75) is 0 Å². The zero-order valence-electron chi connectivity index (χ0n) is 10.3. The van der Waals surface area contributed by atoms with Gasteiger partial charge in [0.05, 0.1) is 5.56 Å². The highest BCUT2D eigenvalue weighted by Crippen LogP contribution is 2.16. The normalized spacial score (nSPS) is 10.6. The summed E-state index contributed by atoms with van der Waals surface area (Å²) >= 11 is 3.32. The van der Waals surface area contributed by atoms with Crippen molar-refractivity contribution in [2.75, 3.05) is 6.61 Å². The molecule has 0 unspecified atom stereocenters. The topological polar surface area (TPSA) is 26.3 Å². The fourth-order valence-corrected chi connectivity index (χ4v) is 2.02. The molecule has 0 aromatic heterocycles. The number of halogens is 1. The molecule has 0 aliphatic heterocycles. The molecule has 19 heavy (non-hydrogen) atoms. The molecule has 0 heterocycles. The van der Waals surface area contributed by atoms with Crippen LogP contribution in [-0.2, 0) is 4.74 Å². The van der Waals surface area contributed by atoms with Crippen LogP contribution in [0.4, 0.5) is 0 Å². The Balaban J connectivity index is 1.88. The average molecular weight is 317 g/mol. The van der Waals surface area contributed by atoms with Gasteiger partial charge in [-0.05, 0) is 39.7 Å². The van der Waals surface area contributed by atoms with Gasteiger partial charge < -0.3 is 4.74 Å². The van der Waals surface area contributed by atoms with E-state index < -0.39 is 0 Å². The van der Waals surface area contributed by atoms with Gasteiger partial charge in [0, 0.05) is 4.47 Å². The van der Waals surface area contributed by atoms with E-state index in [9.17, 15) is 4.79 Å². The van der Waals surface area contributed by atoms with Crippen LogP contribution in [-0.4, -0.2) is 12.6 Å². The number of rotatable bonds is 4. The maximum atomic E-state index is 11.8. The molecule has 2 aromatic carbocycles. The van der Waals surface area contributed by atoms with Crippen LogP contribution in [0.2, 0.25) is 0 Å². The molecule has 0 bridgehead atoms. The van der Waals surface area contributed by atoms with Crippen molar-refractivity contribution in [3.63, 3.8) is 0 Å². The number of benzene rings is 2. The molecule has 0 aliphatic carbocycles. The lowest BCUT2D eigenvalue weighted by Crippen LogP contribution is -2.05. The van der Waals surface area contributed by atoms with Crippen LogP contribution < -0.4 is 0 Å². The predicted octanol–water partition coefficient (Wildman–Crippen LogP) is 4.32. The van der Waals surface area contributed by atoms with E-state index in [2.05, 4.69) is 15.9 Å². The van der Waals surface area contributed by atoms with Gasteiger partial charge >= 0.3 is 5.97 Å². The van der Waals surface area contributed by atoms with E-state index in [1.54, 1.807) is 12.1 Å². The summed E-state index contributed by atoms with van der Waals surface area (Å²) in [7, 11) is 0. The number of ether oxygens (including phenoxy) is 1. The second-order valence-electron chi connectivity index (χ2n) is 3.89. The third-order valence-electron chi connectivity index (χ3n) is 2.51. The lowest BCUT2D eigenvalue weighted by molar-refractivity contribution is 0.0549. The van der Waals surface area contributed by atoms with E-state index in [1.807, 2.05) is 54.6 Å². The number of esters is 1. The lowest BCUT2D eigenvalue weighted by atomic mass is 10.2. The Morgan fingerprint density at radius 2 is 1.74 bits per heavy atom. The van der Waals surface area contributed by atoms with Crippen molar-refractivity contribution < 1.29 is 9.53 Å². The van der Waals surface area contributed by atoms with Crippen LogP contribution in [0.3, 0.4) is 0 Å². The van der Waals surface area contributed by atoms with Crippen LogP contribution in [0.1, 0.15) is 15.9 Å². The number of carbonyl (C=O) groups excluding carboxylic acids is 1. The van der Waals surface area contributed by atoms with Crippen molar-refractivity contribution in [1.82, 2.24) is 0 Å². The Hall–Kier alpha value is -1.87. The van der Waals surface area contributed by atoms with Gasteiger partial charge in [0.2, 0.25) is 0 Å². The van der Waals surface area contributed by atoms with Gasteiger partial charge in [0.1, 0.15) is 6.61 Å². The van der Waals surface area contributed by atoms with Crippen LogP contribution in [0.15, 0.2) is 65.1 Å². The Labute approximate surface area is 120 Å². The Morgan fingerprint density at radius 1 is 1.05 bits per heavy atom. The first kappa shape index (κ1) is 13.6. The molecule has 2 rings (SSSR count). The van der Waals surface area contributed by atoms with Crippen molar-refractivity contribution in [3.05, 3.63) is 76.3 Å². The molecule has 0 spiro atoms. The second kappa shape index (κ2) is 6.90. The maximum absolute atomic E-state index is 11.8. The molecule has 0 saturated carbocycles. The van der Waals surface area contributed by atoms with Gasteiger partial charge in [-0.15, -0.1) is 0 Å². The van der Waals surface area contributed by atoms with Gasteiger partial charge in [-0.25, -0.2) is 4.79 Å². The minimum atomic E-state index is -0.329. The molecule has 0 fully saturated rings. The van der Waals surface area contributed by atoms with Crippen LogP contribution in [0.5, 0.6) is 0 Å². The number of hydrogen-bond donors (Lipinski definition) is 0. The van der Waals surface area contributed by atoms with E-state index >= 15 is 0 Å². The summed E-state index contributed by atoms with van der Waals surface area (Å²) < 4.78 is 5.92. The molecule has 0 N–H and O–H groups in total. The van der Waals surface area contributed by atoms with Crippen molar-refractivity contribution in [2.24, 2.45) is 0 Å². The Morgan fingerprint density at radius 3 is 2.47 bits per heavy atom. The van der Waals surface area contributed by atoms with Crippen LogP contribution >= 0.6 is 15.9 Å². The monoisotopic (exact) mass is 316 g/mol. The SMILES string of the molecule is O=C(OC/C=C/c1ccccc1)c1ccccc1Br. The van der Waals surface area contributed by atoms with E-state index in [4.69, 9.17) is 4.74 Å². The van der Waals surface area contributed by atoms with E-state index in [-0.39, 0.29) is 12.6 Å². The summed E-state index contributed by atoms with van der Waals surface area (Å²) in [6, 6.07) is 17.1. The summed E-state index contributed by atoms with van der Waals surface area (Å²) in [4.78, 5) is 11.8. The summed E-state index contributed by atoms with van der Waals surface area (Å²) in [5.41, 5.74) is 1.62. The van der Waals surface area contributed by atoms with E-state index in [0.29, 0.717) is 5.56 Å². The minimum absolute atomic E-state index is 0.259. The zero-order valence-corrected chi connectivity index (χ0v) is 11.8. The van der Waals surface area contributed by atoms with Crippen molar-refractivity contribution in [3.8, 4) is 0 Å². The van der Waals surface area contributed by atoms with Crippen LogP contribution in [0, 0.1) is 0 Å². The van der Waals surface area contributed by atoms with Gasteiger partial charge in [0.15, 0.2) is 0 Å². The average Bonchev–Trinajstić information content (AvgIpc) is 2.45. The molecule has 0 saturated heterocycles. The van der Waals surface area contributed by atoms with Gasteiger partial charge in [-0.1, -0.05) is 48.5 Å².